The molecule has 1 heteroatoms. The fourth-order valence-corrected chi connectivity index (χ4v) is 9.51. The molecule has 0 nitrogen and oxygen atoms in total. The molecule has 0 unspecified atom stereocenters. The third-order valence-corrected chi connectivity index (χ3v) is 9.57. The predicted octanol–water partition coefficient (Wildman–Crippen LogP) is 7.16. The van der Waals surface area contributed by atoms with Gasteiger partial charge in [-0.3, -0.25) is 0 Å². The fraction of sp³-hybridized carbons (Fsp3) is 0.636. The van der Waals surface area contributed by atoms with Crippen LogP contribution < -0.4 is 0 Å². The molecule has 0 heterocycles. The van der Waals surface area contributed by atoms with E-state index in [1.54, 1.807) is 32.7 Å². The smallest absolute Gasteiger partial charge is 0.0776 e. The quantitative estimate of drug-likeness (QED) is 0.472. The van der Waals surface area contributed by atoms with Crippen LogP contribution in [0.25, 0.3) is 0 Å². The lowest BCUT2D eigenvalue weighted by molar-refractivity contribution is 0.493. The van der Waals surface area contributed by atoms with E-state index in [1.165, 1.54) is 0 Å². The van der Waals surface area contributed by atoms with Crippen LogP contribution in [0, 0.1) is 10.8 Å². The largest absolute Gasteiger partial charge is 0.112 e. The van der Waals surface area contributed by atoms with Crippen LogP contribution in [-0.4, -0.2) is 8.07 Å². The van der Waals surface area contributed by atoms with Crippen molar-refractivity contribution in [2.75, 3.05) is 0 Å². The van der Waals surface area contributed by atoms with Gasteiger partial charge in [-0.1, -0.05) is 99.5 Å². The fourth-order valence-electron chi connectivity index (χ4n) is 4.62. The molecule has 0 bridgehead atoms. The zero-order valence-corrected chi connectivity index (χ0v) is 18.1. The van der Waals surface area contributed by atoms with E-state index >= 15 is 0 Å². The van der Waals surface area contributed by atoms with Crippen molar-refractivity contribution < 1.29 is 0 Å². The van der Waals surface area contributed by atoms with Gasteiger partial charge in [-0.25, -0.2) is 0 Å². The van der Waals surface area contributed by atoms with Crippen molar-refractivity contribution in [1.82, 2.24) is 0 Å². The van der Waals surface area contributed by atoms with E-state index in [1.807, 2.05) is 0 Å². The van der Waals surface area contributed by atoms with Gasteiger partial charge >= 0.3 is 0 Å². The van der Waals surface area contributed by atoms with Gasteiger partial charge in [0.15, 0.2) is 0 Å². The van der Waals surface area contributed by atoms with Crippen LogP contribution in [0.3, 0.4) is 0 Å². The molecule has 0 amide bonds. The average Bonchev–Trinajstić information content (AvgIpc) is 2.91. The Kier molecular flexibility index (Phi) is 4.52. The molecule has 0 N–H and O–H groups in total. The highest BCUT2D eigenvalue weighted by molar-refractivity contribution is 6.92. The number of rotatable bonds is 2. The molecule has 2 aliphatic rings. The highest BCUT2D eigenvalue weighted by Crippen LogP contribution is 2.49. The van der Waals surface area contributed by atoms with Crippen molar-refractivity contribution >= 4 is 8.07 Å². The molecular formula is C22H36Si. The average molecular weight is 329 g/mol. The van der Waals surface area contributed by atoms with E-state index in [4.69, 9.17) is 0 Å². The van der Waals surface area contributed by atoms with Crippen LogP contribution >= 0.6 is 0 Å². The van der Waals surface area contributed by atoms with Crippen molar-refractivity contribution in [2.45, 2.75) is 81.3 Å². The molecule has 0 saturated carbocycles. The molecule has 0 atom stereocenters. The first-order valence-corrected chi connectivity index (χ1v) is 12.1. The minimum absolute atomic E-state index is 0.270. The number of hydrogen-bond donors (Lipinski definition) is 0. The second kappa shape index (κ2) is 5.62. The Morgan fingerprint density at radius 1 is 0.696 bits per heavy atom. The summed E-state index contributed by atoms with van der Waals surface area (Å²) in [6, 6.07) is 0. The van der Waals surface area contributed by atoms with E-state index in [0.29, 0.717) is 0 Å². The third-order valence-electron chi connectivity index (χ3n) is 5.68. The van der Waals surface area contributed by atoms with Gasteiger partial charge < -0.3 is 0 Å². The monoisotopic (exact) mass is 328 g/mol. The van der Waals surface area contributed by atoms with Crippen molar-refractivity contribution in [3.05, 3.63) is 44.8 Å². The predicted molar refractivity (Wildman–Crippen MR) is 107 cm³/mol. The normalized spacial score (nSPS) is 20.4. The Labute approximate surface area is 145 Å². The van der Waals surface area contributed by atoms with Crippen LogP contribution in [-0.2, 0) is 0 Å². The molecule has 2 aliphatic carbocycles. The third kappa shape index (κ3) is 3.22. The van der Waals surface area contributed by atoms with E-state index in [0.717, 1.165) is 12.8 Å². The minimum Gasteiger partial charge on any atom is -0.0776 e. The van der Waals surface area contributed by atoms with Crippen LogP contribution in [0.15, 0.2) is 44.8 Å². The van der Waals surface area contributed by atoms with Gasteiger partial charge in [0.25, 0.3) is 0 Å². The summed E-state index contributed by atoms with van der Waals surface area (Å²) >= 11 is 0. The lowest BCUT2D eigenvalue weighted by Crippen LogP contribution is -2.37. The first-order valence-electron chi connectivity index (χ1n) is 9.10. The second-order valence-corrected chi connectivity index (χ2v) is 14.3. The molecule has 0 aromatic rings. The maximum absolute atomic E-state index is 2.58. The molecule has 0 aliphatic heterocycles. The summed E-state index contributed by atoms with van der Waals surface area (Å²) in [5.41, 5.74) is 7.01. The summed E-state index contributed by atoms with van der Waals surface area (Å²) in [6.07, 6.45) is 7.25. The van der Waals surface area contributed by atoms with Gasteiger partial charge in [0.2, 0.25) is 0 Å². The maximum Gasteiger partial charge on any atom is 0.112 e. The zero-order valence-electron chi connectivity index (χ0n) is 17.1. The molecule has 0 aromatic heterocycles. The summed E-state index contributed by atoms with van der Waals surface area (Å²) < 4.78 is 0. The first kappa shape index (κ1) is 18.5. The van der Waals surface area contributed by atoms with E-state index in [-0.39, 0.29) is 10.8 Å². The Hall–Kier alpha value is -0.823. The topological polar surface area (TPSA) is 0 Å². The molecule has 128 valence electrons. The van der Waals surface area contributed by atoms with E-state index < -0.39 is 8.07 Å². The summed E-state index contributed by atoms with van der Waals surface area (Å²) in [7, 11) is -1.69. The zero-order chi connectivity index (χ0) is 17.8. The van der Waals surface area contributed by atoms with Crippen molar-refractivity contribution in [3.8, 4) is 0 Å². The molecule has 0 aromatic carbocycles. The molecule has 0 fully saturated rings. The summed E-state index contributed by atoms with van der Waals surface area (Å²) in [6.45, 7) is 24.2. The van der Waals surface area contributed by atoms with Gasteiger partial charge in [-0.15, -0.1) is 0 Å². The second-order valence-electron chi connectivity index (χ2n) is 10.0. The van der Waals surface area contributed by atoms with Gasteiger partial charge in [-0.05, 0) is 37.5 Å². The molecular weight excluding hydrogens is 292 g/mol. The molecule has 23 heavy (non-hydrogen) atoms. The Morgan fingerprint density at radius 3 is 1.26 bits per heavy atom. The lowest BCUT2D eigenvalue weighted by atomic mass is 9.85. The van der Waals surface area contributed by atoms with Crippen LogP contribution in [0.4, 0.5) is 0 Å². The number of hydrogen-bond acceptors (Lipinski definition) is 0. The van der Waals surface area contributed by atoms with Crippen LogP contribution in [0.2, 0.25) is 13.1 Å². The summed E-state index contributed by atoms with van der Waals surface area (Å²) in [4.78, 5) is 0. The van der Waals surface area contributed by atoms with Gasteiger partial charge in [0.05, 0.1) is 0 Å². The number of allylic oxidation sites excluding steroid dienone is 8. The molecule has 0 radical (unpaired) electrons. The van der Waals surface area contributed by atoms with Gasteiger partial charge in [-0.2, -0.15) is 0 Å². The summed E-state index contributed by atoms with van der Waals surface area (Å²) in [5, 5.41) is 3.47. The Bertz CT molecular complexity index is 578. The molecule has 2 rings (SSSR count). The Balaban J connectivity index is 2.70. The molecule has 0 spiro atoms. The molecule has 0 saturated heterocycles. The SMILES string of the molecule is CC1=CCC(C(C)(C)C)=C1[Si](C)(C)C1=C(C(C)(C)C)CC=C1C. The summed E-state index contributed by atoms with van der Waals surface area (Å²) in [5.74, 6) is 0. The van der Waals surface area contributed by atoms with Crippen molar-refractivity contribution in [2.24, 2.45) is 10.8 Å². The van der Waals surface area contributed by atoms with Crippen LogP contribution in [0.5, 0.6) is 0 Å². The van der Waals surface area contributed by atoms with Crippen LogP contribution in [0.1, 0.15) is 68.2 Å². The van der Waals surface area contributed by atoms with Gasteiger partial charge in [0, 0.05) is 0 Å². The Morgan fingerprint density at radius 2 is 1.00 bits per heavy atom. The van der Waals surface area contributed by atoms with Crippen molar-refractivity contribution in [1.29, 1.82) is 0 Å². The highest BCUT2D eigenvalue weighted by atomic mass is 28.3. The van der Waals surface area contributed by atoms with E-state index in [9.17, 15) is 0 Å². The van der Waals surface area contributed by atoms with Gasteiger partial charge in [0.1, 0.15) is 8.07 Å². The highest BCUT2D eigenvalue weighted by Gasteiger charge is 2.42. The first-order chi connectivity index (χ1) is 10.3. The standard InChI is InChI=1S/C22H36Si/c1-15-11-13-17(21(3,4)5)19(15)23(9,10)20-16(2)12-14-18(20)22(6,7)8/h11-12H,13-14H2,1-10H3. The lowest BCUT2D eigenvalue weighted by Gasteiger charge is -2.36. The van der Waals surface area contributed by atoms with E-state index in [2.05, 4.69) is 80.6 Å². The van der Waals surface area contributed by atoms with Crippen molar-refractivity contribution in [3.63, 3.8) is 0 Å². The minimum atomic E-state index is -1.69. The maximum atomic E-state index is 2.58.